The topological polar surface area (TPSA) is 30.5 Å². The molecule has 0 amide bonds. The van der Waals surface area contributed by atoms with Gasteiger partial charge in [0.2, 0.25) is 0 Å². The summed E-state index contributed by atoms with van der Waals surface area (Å²) in [5, 5.41) is 3.32. The van der Waals surface area contributed by atoms with Gasteiger partial charge in [0.15, 0.2) is 0 Å². The number of nitrogens with one attached hydrogen (secondary N) is 1. The third kappa shape index (κ3) is 11.9. The minimum atomic E-state index is 0.343. The molecule has 0 spiro atoms. The molecule has 0 aromatic heterocycles. The molecule has 3 nitrogen and oxygen atoms in total. The molecule has 0 fully saturated rings. The number of hydrogen-bond donors (Lipinski definition) is 1. The van der Waals surface area contributed by atoms with Gasteiger partial charge in [0.05, 0.1) is 12.7 Å². The molecule has 80 valence electrons. The largest absolute Gasteiger partial charge is 0.385 e. The van der Waals surface area contributed by atoms with Crippen molar-refractivity contribution in [3.8, 4) is 0 Å². The molecule has 0 aromatic carbocycles. The molecule has 3 heteroatoms. The Morgan fingerprint density at radius 2 is 1.85 bits per heavy atom. The molecule has 0 saturated carbocycles. The van der Waals surface area contributed by atoms with Gasteiger partial charge in [-0.3, -0.25) is 0 Å². The third-order valence-corrected chi connectivity index (χ3v) is 1.68. The molecule has 0 aromatic rings. The molecule has 0 atom stereocenters. The second-order valence-corrected chi connectivity index (χ2v) is 3.37. The summed E-state index contributed by atoms with van der Waals surface area (Å²) in [4.78, 5) is 0. The van der Waals surface area contributed by atoms with Crippen LogP contribution in [-0.4, -0.2) is 39.5 Å². The first-order valence-corrected chi connectivity index (χ1v) is 5.08. The summed E-state index contributed by atoms with van der Waals surface area (Å²) >= 11 is 0. The molecule has 0 bridgehead atoms. The van der Waals surface area contributed by atoms with Crippen LogP contribution in [0.25, 0.3) is 0 Å². The van der Waals surface area contributed by atoms with Crippen LogP contribution in [0.5, 0.6) is 0 Å². The zero-order chi connectivity index (χ0) is 9.94. The lowest BCUT2D eigenvalue weighted by molar-refractivity contribution is 0.0808. The van der Waals surface area contributed by atoms with Crippen LogP contribution in [0.1, 0.15) is 26.7 Å². The Morgan fingerprint density at radius 3 is 2.46 bits per heavy atom. The Morgan fingerprint density at radius 1 is 1.08 bits per heavy atom. The maximum atomic E-state index is 5.38. The van der Waals surface area contributed by atoms with Gasteiger partial charge < -0.3 is 14.8 Å². The van der Waals surface area contributed by atoms with Gasteiger partial charge in [-0.1, -0.05) is 0 Å². The first-order chi connectivity index (χ1) is 6.27. The molecule has 0 radical (unpaired) electrons. The van der Waals surface area contributed by atoms with Crippen molar-refractivity contribution in [3.05, 3.63) is 0 Å². The van der Waals surface area contributed by atoms with Crippen LogP contribution in [0, 0.1) is 0 Å². The van der Waals surface area contributed by atoms with Crippen LogP contribution in [0.2, 0.25) is 0 Å². The van der Waals surface area contributed by atoms with Crippen LogP contribution in [0.3, 0.4) is 0 Å². The van der Waals surface area contributed by atoms with E-state index in [0.717, 1.165) is 32.7 Å². The average molecular weight is 189 g/mol. The van der Waals surface area contributed by atoms with Crippen molar-refractivity contribution in [1.82, 2.24) is 5.32 Å². The number of ether oxygens (including phenoxy) is 2. The summed E-state index contributed by atoms with van der Waals surface area (Å²) < 4.78 is 10.3. The second-order valence-electron chi connectivity index (χ2n) is 3.37. The van der Waals surface area contributed by atoms with Gasteiger partial charge in [-0.15, -0.1) is 0 Å². The maximum absolute atomic E-state index is 5.38. The van der Waals surface area contributed by atoms with E-state index in [2.05, 4.69) is 19.2 Å². The van der Waals surface area contributed by atoms with E-state index in [1.807, 2.05) is 0 Å². The average Bonchev–Trinajstić information content (AvgIpc) is 2.09. The van der Waals surface area contributed by atoms with Crippen LogP contribution < -0.4 is 5.32 Å². The summed E-state index contributed by atoms with van der Waals surface area (Å²) in [6, 6.07) is 0. The van der Waals surface area contributed by atoms with E-state index in [1.165, 1.54) is 6.42 Å². The summed E-state index contributed by atoms with van der Waals surface area (Å²) in [7, 11) is 1.74. The highest BCUT2D eigenvalue weighted by Crippen LogP contribution is 1.87. The van der Waals surface area contributed by atoms with E-state index in [0.29, 0.717) is 6.10 Å². The number of methoxy groups -OCH3 is 1. The van der Waals surface area contributed by atoms with E-state index in [-0.39, 0.29) is 0 Å². The van der Waals surface area contributed by atoms with E-state index >= 15 is 0 Å². The highest BCUT2D eigenvalue weighted by molar-refractivity contribution is 4.48. The van der Waals surface area contributed by atoms with Crippen molar-refractivity contribution in [2.75, 3.05) is 33.4 Å². The molecule has 0 unspecified atom stereocenters. The Kier molecular flexibility index (Phi) is 9.87. The Labute approximate surface area is 81.8 Å². The van der Waals surface area contributed by atoms with Gasteiger partial charge in [0.25, 0.3) is 0 Å². The van der Waals surface area contributed by atoms with E-state index in [1.54, 1.807) is 7.11 Å². The van der Waals surface area contributed by atoms with Crippen molar-refractivity contribution in [2.45, 2.75) is 32.8 Å². The zero-order valence-electron chi connectivity index (χ0n) is 9.14. The summed E-state index contributed by atoms with van der Waals surface area (Å²) in [6.07, 6.45) is 2.65. The molecule has 0 rings (SSSR count). The first-order valence-electron chi connectivity index (χ1n) is 5.08. The van der Waals surface area contributed by atoms with Crippen molar-refractivity contribution in [1.29, 1.82) is 0 Å². The number of rotatable bonds is 9. The highest BCUT2D eigenvalue weighted by atomic mass is 16.5. The third-order valence-electron chi connectivity index (χ3n) is 1.68. The monoisotopic (exact) mass is 189 g/mol. The first kappa shape index (κ1) is 12.9. The van der Waals surface area contributed by atoms with E-state index in [4.69, 9.17) is 9.47 Å². The quantitative estimate of drug-likeness (QED) is 0.557. The van der Waals surface area contributed by atoms with E-state index < -0.39 is 0 Å². The molecular weight excluding hydrogens is 166 g/mol. The second kappa shape index (κ2) is 9.96. The van der Waals surface area contributed by atoms with Crippen LogP contribution in [-0.2, 0) is 9.47 Å². The summed E-state index contributed by atoms with van der Waals surface area (Å²) in [6.45, 7) is 7.79. The standard InChI is InChI=1S/C10H23NO2/c1-10(2)13-9-7-11-6-4-5-8-12-3/h10-11H,4-9H2,1-3H3. The molecule has 13 heavy (non-hydrogen) atoms. The van der Waals surface area contributed by atoms with Gasteiger partial charge >= 0.3 is 0 Å². The Hall–Kier alpha value is -0.120. The predicted octanol–water partition coefficient (Wildman–Crippen LogP) is 1.43. The molecular formula is C10H23NO2. The lowest BCUT2D eigenvalue weighted by atomic mass is 10.3. The van der Waals surface area contributed by atoms with Crippen molar-refractivity contribution >= 4 is 0 Å². The van der Waals surface area contributed by atoms with Crippen LogP contribution in [0.15, 0.2) is 0 Å². The predicted molar refractivity (Wildman–Crippen MR) is 55.1 cm³/mol. The fourth-order valence-electron chi connectivity index (χ4n) is 0.988. The summed E-state index contributed by atoms with van der Waals surface area (Å²) in [5.74, 6) is 0. The van der Waals surface area contributed by atoms with Crippen molar-refractivity contribution in [2.24, 2.45) is 0 Å². The SMILES string of the molecule is COCCCCNCCOC(C)C. The lowest BCUT2D eigenvalue weighted by Crippen LogP contribution is -2.22. The molecule has 0 heterocycles. The van der Waals surface area contributed by atoms with Gasteiger partial charge in [0, 0.05) is 20.3 Å². The molecule has 0 aliphatic carbocycles. The van der Waals surface area contributed by atoms with Crippen LogP contribution >= 0.6 is 0 Å². The fourth-order valence-corrected chi connectivity index (χ4v) is 0.988. The van der Waals surface area contributed by atoms with Gasteiger partial charge in [-0.25, -0.2) is 0 Å². The van der Waals surface area contributed by atoms with Crippen LogP contribution in [0.4, 0.5) is 0 Å². The fraction of sp³-hybridized carbons (Fsp3) is 1.00. The lowest BCUT2D eigenvalue weighted by Gasteiger charge is -2.08. The van der Waals surface area contributed by atoms with Gasteiger partial charge in [0.1, 0.15) is 0 Å². The van der Waals surface area contributed by atoms with Gasteiger partial charge in [-0.2, -0.15) is 0 Å². The Bertz CT molecular complexity index is 96.9. The smallest absolute Gasteiger partial charge is 0.0594 e. The summed E-state index contributed by atoms with van der Waals surface area (Å²) in [5.41, 5.74) is 0. The van der Waals surface area contributed by atoms with Crippen molar-refractivity contribution in [3.63, 3.8) is 0 Å². The number of unbranched alkanes of at least 4 members (excludes halogenated alkanes) is 1. The maximum Gasteiger partial charge on any atom is 0.0594 e. The number of hydrogen-bond acceptors (Lipinski definition) is 3. The minimum Gasteiger partial charge on any atom is -0.385 e. The molecule has 0 aliphatic rings. The minimum absolute atomic E-state index is 0.343. The van der Waals surface area contributed by atoms with E-state index in [9.17, 15) is 0 Å². The Balaban J connectivity index is 2.84. The zero-order valence-corrected chi connectivity index (χ0v) is 9.14. The molecule has 1 N–H and O–H groups in total. The van der Waals surface area contributed by atoms with Crippen molar-refractivity contribution < 1.29 is 9.47 Å². The highest BCUT2D eigenvalue weighted by Gasteiger charge is 1.92. The normalized spacial score (nSPS) is 11.1. The molecule has 0 saturated heterocycles. The molecule has 0 aliphatic heterocycles. The van der Waals surface area contributed by atoms with Gasteiger partial charge in [-0.05, 0) is 33.2 Å².